The van der Waals surface area contributed by atoms with Crippen LogP contribution in [0.3, 0.4) is 0 Å². The number of carbonyl (C=O) groups excluding carboxylic acids is 1. The molecule has 0 fully saturated rings. The summed E-state index contributed by atoms with van der Waals surface area (Å²) in [5.74, 6) is 0.690. The summed E-state index contributed by atoms with van der Waals surface area (Å²) < 4.78 is 5.40. The molecule has 24 heavy (non-hydrogen) atoms. The molecule has 1 aromatic carbocycles. The molecule has 3 aromatic rings. The van der Waals surface area contributed by atoms with Crippen LogP contribution < -0.4 is 4.74 Å². The molecule has 4 nitrogen and oxygen atoms in total. The average molecular weight is 358 g/mol. The molecule has 6 heteroatoms. The number of hydrogen-bond donors (Lipinski definition) is 0. The van der Waals surface area contributed by atoms with E-state index in [9.17, 15) is 4.79 Å². The third-order valence-corrected chi connectivity index (χ3v) is 5.83. The van der Waals surface area contributed by atoms with Crippen LogP contribution in [0.2, 0.25) is 0 Å². The first-order valence-electron chi connectivity index (χ1n) is 7.51. The van der Waals surface area contributed by atoms with Crippen molar-refractivity contribution in [3.8, 4) is 15.6 Å². The Morgan fingerprint density at radius 3 is 2.71 bits per heavy atom. The number of para-hydroxylation sites is 1. The number of methoxy groups -OCH3 is 1. The highest BCUT2D eigenvalue weighted by molar-refractivity contribution is 7.20. The van der Waals surface area contributed by atoms with Gasteiger partial charge in [0.1, 0.15) is 16.5 Å². The van der Waals surface area contributed by atoms with E-state index < -0.39 is 0 Å². The van der Waals surface area contributed by atoms with E-state index in [1.54, 1.807) is 30.4 Å². The molecule has 0 aliphatic rings. The number of aromatic nitrogens is 1. The van der Waals surface area contributed by atoms with Crippen molar-refractivity contribution in [1.82, 2.24) is 9.88 Å². The summed E-state index contributed by atoms with van der Waals surface area (Å²) in [6.45, 7) is 1.99. The zero-order valence-electron chi connectivity index (χ0n) is 13.7. The van der Waals surface area contributed by atoms with Gasteiger partial charge in [-0.1, -0.05) is 24.3 Å². The monoisotopic (exact) mass is 358 g/mol. The Bertz CT molecular complexity index is 827. The van der Waals surface area contributed by atoms with Crippen molar-refractivity contribution in [1.29, 1.82) is 0 Å². The van der Waals surface area contributed by atoms with E-state index in [-0.39, 0.29) is 11.9 Å². The second-order valence-corrected chi connectivity index (χ2v) is 7.15. The molecule has 0 spiro atoms. The first-order chi connectivity index (χ1) is 11.6. The summed E-state index contributed by atoms with van der Waals surface area (Å²) in [4.78, 5) is 20.1. The largest absolute Gasteiger partial charge is 0.496 e. The number of benzene rings is 1. The molecular weight excluding hydrogens is 340 g/mol. The number of thiazole rings is 1. The number of thiophene rings is 1. The van der Waals surface area contributed by atoms with E-state index >= 15 is 0 Å². The molecule has 0 bridgehead atoms. The van der Waals surface area contributed by atoms with E-state index in [1.165, 1.54) is 11.3 Å². The van der Waals surface area contributed by atoms with Gasteiger partial charge in [-0.3, -0.25) is 4.79 Å². The summed E-state index contributed by atoms with van der Waals surface area (Å²) in [5.41, 5.74) is 1.46. The van der Waals surface area contributed by atoms with Crippen LogP contribution in [-0.2, 0) is 0 Å². The summed E-state index contributed by atoms with van der Waals surface area (Å²) in [5, 5.41) is 4.71. The molecule has 0 saturated carbocycles. The molecule has 2 heterocycles. The van der Waals surface area contributed by atoms with Crippen LogP contribution in [0.25, 0.3) is 9.88 Å². The lowest BCUT2D eigenvalue weighted by atomic mass is 10.1. The highest BCUT2D eigenvalue weighted by Gasteiger charge is 2.23. The fourth-order valence-electron chi connectivity index (χ4n) is 2.46. The SMILES string of the molecule is COc1ccccc1C(C)N(C)C(=O)c1csc(-c2cccs2)n1. The van der Waals surface area contributed by atoms with Crippen molar-refractivity contribution in [2.75, 3.05) is 14.2 Å². The number of hydrogen-bond acceptors (Lipinski definition) is 5. The Balaban J connectivity index is 1.82. The molecule has 0 aliphatic heterocycles. The number of rotatable bonds is 5. The molecule has 0 aliphatic carbocycles. The Morgan fingerprint density at radius 2 is 2.00 bits per heavy atom. The van der Waals surface area contributed by atoms with Crippen molar-refractivity contribution in [3.05, 3.63) is 58.4 Å². The third-order valence-electron chi connectivity index (χ3n) is 3.95. The number of carbonyl (C=O) groups is 1. The average Bonchev–Trinajstić information content (AvgIpc) is 3.30. The number of nitrogens with zero attached hydrogens (tertiary/aromatic N) is 2. The van der Waals surface area contributed by atoms with Gasteiger partial charge >= 0.3 is 0 Å². The second-order valence-electron chi connectivity index (χ2n) is 5.35. The van der Waals surface area contributed by atoms with Crippen LogP contribution in [0, 0.1) is 0 Å². The number of ether oxygens (including phenoxy) is 1. The molecule has 0 radical (unpaired) electrons. The Hall–Kier alpha value is -2.18. The van der Waals surface area contributed by atoms with Crippen molar-refractivity contribution < 1.29 is 9.53 Å². The molecular formula is C18H18N2O2S2. The topological polar surface area (TPSA) is 42.4 Å². The lowest BCUT2D eigenvalue weighted by molar-refractivity contribution is 0.0736. The fraction of sp³-hybridized carbons (Fsp3) is 0.222. The smallest absolute Gasteiger partial charge is 0.273 e. The van der Waals surface area contributed by atoms with Crippen molar-refractivity contribution >= 4 is 28.6 Å². The molecule has 1 atom stereocenters. The van der Waals surface area contributed by atoms with E-state index in [1.807, 2.05) is 54.1 Å². The maximum absolute atomic E-state index is 12.8. The van der Waals surface area contributed by atoms with Gasteiger partial charge in [-0.2, -0.15) is 0 Å². The van der Waals surface area contributed by atoms with Gasteiger partial charge in [-0.15, -0.1) is 22.7 Å². The van der Waals surface area contributed by atoms with Gasteiger partial charge in [-0.25, -0.2) is 4.98 Å². The highest BCUT2D eigenvalue weighted by atomic mass is 32.1. The van der Waals surface area contributed by atoms with E-state index in [2.05, 4.69) is 4.98 Å². The van der Waals surface area contributed by atoms with Crippen LogP contribution >= 0.6 is 22.7 Å². The van der Waals surface area contributed by atoms with Crippen molar-refractivity contribution in [2.45, 2.75) is 13.0 Å². The normalized spacial score (nSPS) is 12.0. The predicted octanol–water partition coefficient (Wildman–Crippen LogP) is 4.71. The van der Waals surface area contributed by atoms with E-state index in [0.717, 1.165) is 21.2 Å². The maximum atomic E-state index is 12.8. The van der Waals surface area contributed by atoms with Crippen LogP contribution in [-0.4, -0.2) is 29.9 Å². The first-order valence-corrected chi connectivity index (χ1v) is 9.27. The van der Waals surface area contributed by atoms with Gasteiger partial charge in [-0.05, 0) is 24.4 Å². The van der Waals surface area contributed by atoms with Gasteiger partial charge in [0.05, 0.1) is 18.0 Å². The minimum absolute atomic E-state index is 0.0903. The Labute approximate surface area is 149 Å². The van der Waals surface area contributed by atoms with Crippen LogP contribution in [0.1, 0.15) is 29.0 Å². The molecule has 2 aromatic heterocycles. The standard InChI is InChI=1S/C18H18N2O2S2/c1-12(13-7-4-5-8-15(13)22-3)20(2)18(21)14-11-24-17(19-14)16-9-6-10-23-16/h4-12H,1-3H3. The molecule has 3 rings (SSSR count). The fourth-order valence-corrected chi connectivity index (χ4v) is 4.07. The van der Waals surface area contributed by atoms with Gasteiger partial charge in [0.25, 0.3) is 5.91 Å². The van der Waals surface area contributed by atoms with E-state index in [0.29, 0.717) is 5.69 Å². The summed E-state index contributed by atoms with van der Waals surface area (Å²) >= 11 is 3.12. The molecule has 124 valence electrons. The lowest BCUT2D eigenvalue weighted by Gasteiger charge is -2.26. The van der Waals surface area contributed by atoms with Gasteiger partial charge < -0.3 is 9.64 Å². The first kappa shape index (κ1) is 16.7. The van der Waals surface area contributed by atoms with Gasteiger partial charge in [0.15, 0.2) is 0 Å². The third kappa shape index (κ3) is 3.20. The Morgan fingerprint density at radius 1 is 1.21 bits per heavy atom. The zero-order chi connectivity index (χ0) is 17.1. The summed E-state index contributed by atoms with van der Waals surface area (Å²) in [6.07, 6.45) is 0. The van der Waals surface area contributed by atoms with Crippen molar-refractivity contribution in [3.63, 3.8) is 0 Å². The quantitative estimate of drug-likeness (QED) is 0.663. The summed E-state index contributed by atoms with van der Waals surface area (Å²) in [7, 11) is 3.44. The summed E-state index contributed by atoms with van der Waals surface area (Å²) in [6, 6.07) is 11.6. The number of amides is 1. The van der Waals surface area contributed by atoms with Crippen molar-refractivity contribution in [2.24, 2.45) is 0 Å². The lowest BCUT2D eigenvalue weighted by Crippen LogP contribution is -2.30. The van der Waals surface area contributed by atoms with Gasteiger partial charge in [0.2, 0.25) is 0 Å². The molecule has 0 saturated heterocycles. The Kier molecular flexibility index (Phi) is 4.97. The van der Waals surface area contributed by atoms with Crippen LogP contribution in [0.5, 0.6) is 5.75 Å². The maximum Gasteiger partial charge on any atom is 0.273 e. The van der Waals surface area contributed by atoms with Crippen LogP contribution in [0.15, 0.2) is 47.2 Å². The minimum atomic E-state index is -0.111. The zero-order valence-corrected chi connectivity index (χ0v) is 15.4. The highest BCUT2D eigenvalue weighted by Crippen LogP contribution is 2.31. The second kappa shape index (κ2) is 7.15. The molecule has 1 amide bonds. The minimum Gasteiger partial charge on any atom is -0.496 e. The molecule has 1 unspecified atom stereocenters. The predicted molar refractivity (Wildman–Crippen MR) is 98.9 cm³/mol. The van der Waals surface area contributed by atoms with Crippen LogP contribution in [0.4, 0.5) is 0 Å². The van der Waals surface area contributed by atoms with Gasteiger partial charge in [0, 0.05) is 18.0 Å². The van der Waals surface area contributed by atoms with E-state index in [4.69, 9.17) is 4.74 Å². The molecule has 0 N–H and O–H groups in total.